The maximum atomic E-state index is 11.5. The first-order valence-corrected chi connectivity index (χ1v) is 11.6. The normalized spacial score (nSPS) is 24.6. The van der Waals surface area contributed by atoms with Gasteiger partial charge in [0.1, 0.15) is 31.0 Å². The number of rotatable bonds is 11. The predicted octanol–water partition coefficient (Wildman–Crippen LogP) is 3.79. The van der Waals surface area contributed by atoms with E-state index in [1.807, 2.05) is 60.7 Å². The highest BCUT2D eigenvalue weighted by molar-refractivity contribution is 7.32. The van der Waals surface area contributed by atoms with Gasteiger partial charge in [0.05, 0.1) is 13.2 Å². The van der Waals surface area contributed by atoms with Crippen molar-refractivity contribution in [1.82, 2.24) is 0 Å². The fraction of sp³-hybridized carbons (Fsp3) is 0.409. The van der Waals surface area contributed by atoms with Crippen LogP contribution in [0.3, 0.4) is 0 Å². The summed E-state index contributed by atoms with van der Waals surface area (Å²) in [6.45, 7) is 1.31. The number of esters is 1. The van der Waals surface area contributed by atoms with Crippen molar-refractivity contribution in [3.05, 3.63) is 82.2 Å². The van der Waals surface area contributed by atoms with Crippen LogP contribution < -0.4 is 0 Å². The average molecular weight is 490 g/mol. The van der Waals surface area contributed by atoms with Crippen molar-refractivity contribution in [3.63, 3.8) is 0 Å². The Morgan fingerprint density at radius 1 is 1.06 bits per heavy atom. The number of azide groups is 1. The quantitative estimate of drug-likeness (QED) is 0.164. The first-order chi connectivity index (χ1) is 16.5. The summed E-state index contributed by atoms with van der Waals surface area (Å²) in [4.78, 5) is 23.6. The maximum absolute atomic E-state index is 11.5. The minimum absolute atomic E-state index is 0.131. The number of ether oxygens (including phenoxy) is 4. The number of nitrogens with zero attached hydrogens (tertiary/aromatic N) is 3. The van der Waals surface area contributed by atoms with Gasteiger partial charge in [-0.2, -0.15) is 0 Å². The molecule has 1 heterocycles. The van der Waals surface area contributed by atoms with Crippen LogP contribution in [0, 0.1) is 0 Å². The number of benzene rings is 2. The van der Waals surface area contributed by atoms with E-state index < -0.39 is 44.9 Å². The van der Waals surface area contributed by atoms with E-state index in [1.165, 1.54) is 6.92 Å². The molecule has 0 spiro atoms. The van der Waals surface area contributed by atoms with Crippen LogP contribution in [0.5, 0.6) is 0 Å². The molecule has 2 aromatic rings. The Hall–Kier alpha value is -2.88. The molecule has 0 bridgehead atoms. The Kier molecular flexibility index (Phi) is 9.93. The van der Waals surface area contributed by atoms with E-state index in [1.54, 1.807) is 0 Å². The van der Waals surface area contributed by atoms with Gasteiger partial charge in [0.15, 0.2) is 0 Å². The van der Waals surface area contributed by atoms with Gasteiger partial charge in [0, 0.05) is 16.4 Å². The third-order valence-corrected chi connectivity index (χ3v) is 5.40. The summed E-state index contributed by atoms with van der Waals surface area (Å²) in [5, 5.41) is 3.72. The van der Waals surface area contributed by atoms with Crippen LogP contribution >= 0.6 is 8.25 Å². The fourth-order valence-corrected chi connectivity index (χ4v) is 3.86. The highest BCUT2D eigenvalue weighted by atomic mass is 31.1. The Bertz CT molecular complexity index is 990. The largest absolute Gasteiger partial charge is 0.697 e. The molecule has 11 nitrogen and oxygen atoms in total. The lowest BCUT2D eigenvalue weighted by Crippen LogP contribution is -2.60. The van der Waals surface area contributed by atoms with Crippen LogP contribution in [0.4, 0.5) is 0 Å². The first kappa shape index (κ1) is 25.7. The van der Waals surface area contributed by atoms with Crippen molar-refractivity contribution < 1.29 is 37.7 Å². The zero-order chi connectivity index (χ0) is 24.3. The van der Waals surface area contributed by atoms with Gasteiger partial charge in [-0.1, -0.05) is 70.3 Å². The molecule has 12 heteroatoms. The molecule has 3 rings (SSSR count). The highest BCUT2D eigenvalue weighted by Crippen LogP contribution is 2.34. The number of carbonyl (C=O) groups is 1. The molecule has 34 heavy (non-hydrogen) atoms. The van der Waals surface area contributed by atoms with Crippen molar-refractivity contribution in [2.45, 2.75) is 50.8 Å². The van der Waals surface area contributed by atoms with Gasteiger partial charge in [-0.05, 0) is 16.7 Å². The molecule has 0 amide bonds. The SMILES string of the molecule is CC(=O)OC[C@H]1O[C@H](O[P+](=O)O)[C@@H](N=[N+]=[N-])[C@@H](OCc2ccccc2)[C@@H]1OCc1ccccc1. The highest BCUT2D eigenvalue weighted by Gasteiger charge is 2.51. The number of carbonyl (C=O) groups excluding carboxylic acids is 1. The molecule has 1 aliphatic rings. The molecular weight excluding hydrogens is 465 g/mol. The van der Waals surface area contributed by atoms with Crippen LogP contribution in [-0.4, -0.2) is 48.1 Å². The predicted molar refractivity (Wildman–Crippen MR) is 119 cm³/mol. The van der Waals surface area contributed by atoms with Gasteiger partial charge in [0.25, 0.3) is 0 Å². The molecular formula is C22H25N3O8P+. The van der Waals surface area contributed by atoms with Crippen molar-refractivity contribution in [3.8, 4) is 0 Å². The third kappa shape index (κ3) is 7.58. The monoisotopic (exact) mass is 490 g/mol. The van der Waals surface area contributed by atoms with E-state index >= 15 is 0 Å². The molecule has 0 aliphatic carbocycles. The lowest BCUT2D eigenvalue weighted by Gasteiger charge is -2.42. The lowest BCUT2D eigenvalue weighted by molar-refractivity contribution is -0.264. The molecule has 1 fully saturated rings. The second-order valence-electron chi connectivity index (χ2n) is 7.41. The van der Waals surface area contributed by atoms with Crippen LogP contribution in [0.1, 0.15) is 18.1 Å². The molecule has 1 aliphatic heterocycles. The summed E-state index contributed by atoms with van der Waals surface area (Å²) in [5.41, 5.74) is 10.9. The van der Waals surface area contributed by atoms with Gasteiger partial charge in [-0.25, -0.2) is 0 Å². The van der Waals surface area contributed by atoms with Crippen LogP contribution in [-0.2, 0) is 46.0 Å². The fourth-order valence-electron chi connectivity index (χ4n) is 3.51. The molecule has 0 saturated carbocycles. The molecule has 1 N–H and O–H groups in total. The molecule has 180 valence electrons. The van der Waals surface area contributed by atoms with Gasteiger partial charge in [-0.15, -0.1) is 4.89 Å². The van der Waals surface area contributed by atoms with E-state index in [-0.39, 0.29) is 19.8 Å². The lowest BCUT2D eigenvalue weighted by atomic mass is 9.96. The summed E-state index contributed by atoms with van der Waals surface area (Å²) < 4.78 is 39.6. The summed E-state index contributed by atoms with van der Waals surface area (Å²) >= 11 is 0. The van der Waals surface area contributed by atoms with E-state index in [0.717, 1.165) is 11.1 Å². The number of hydrogen-bond donors (Lipinski definition) is 1. The Balaban J connectivity index is 1.91. The van der Waals surface area contributed by atoms with E-state index in [0.29, 0.717) is 0 Å². The Morgan fingerprint density at radius 3 is 2.12 bits per heavy atom. The molecule has 6 atom stereocenters. The van der Waals surface area contributed by atoms with Crippen molar-refractivity contribution in [1.29, 1.82) is 0 Å². The summed E-state index contributed by atoms with van der Waals surface area (Å²) in [7, 11) is -3.09. The summed E-state index contributed by atoms with van der Waals surface area (Å²) in [6, 6.07) is 17.5. The van der Waals surface area contributed by atoms with Gasteiger partial charge < -0.3 is 18.9 Å². The maximum Gasteiger partial charge on any atom is 0.697 e. The minimum atomic E-state index is -3.09. The standard InChI is InChI=1S/C22H24N3O8P/c1-15(26)29-14-18-20(30-12-16-8-4-2-5-9-16)21(31-13-17-10-6-3-7-11-17)19(24-25-23)22(32-18)33-34(27)28/h2-11,18-22H,12-14H2,1H3/p+1/t18-,19+,20-,21-,22-/m1/s1. The molecule has 1 unspecified atom stereocenters. The van der Waals surface area contributed by atoms with E-state index in [2.05, 4.69) is 10.0 Å². The zero-order valence-corrected chi connectivity index (χ0v) is 19.3. The zero-order valence-electron chi connectivity index (χ0n) is 18.4. The molecule has 1 saturated heterocycles. The number of hydrogen-bond acceptors (Lipinski definition) is 8. The average Bonchev–Trinajstić information content (AvgIpc) is 2.83. The Morgan fingerprint density at radius 2 is 1.62 bits per heavy atom. The topological polar surface area (TPSA) is 149 Å². The van der Waals surface area contributed by atoms with Gasteiger partial charge in [0.2, 0.25) is 6.29 Å². The van der Waals surface area contributed by atoms with Crippen molar-refractivity contribution >= 4 is 14.2 Å². The smallest absolute Gasteiger partial charge is 0.463 e. The summed E-state index contributed by atoms with van der Waals surface area (Å²) in [5.74, 6) is -0.546. The molecule has 0 radical (unpaired) electrons. The van der Waals surface area contributed by atoms with Crippen LogP contribution in [0.2, 0.25) is 0 Å². The Labute approximate surface area is 197 Å². The summed E-state index contributed by atoms with van der Waals surface area (Å²) in [6.07, 6.45) is -4.18. The van der Waals surface area contributed by atoms with Gasteiger partial charge in [-0.3, -0.25) is 4.79 Å². The second kappa shape index (κ2) is 13.1. The molecule has 0 aromatic heterocycles. The minimum Gasteiger partial charge on any atom is -0.463 e. The van der Waals surface area contributed by atoms with E-state index in [9.17, 15) is 14.3 Å². The molecule has 2 aromatic carbocycles. The second-order valence-corrected chi connectivity index (χ2v) is 8.09. The van der Waals surface area contributed by atoms with Crippen LogP contribution in [0.25, 0.3) is 10.4 Å². The van der Waals surface area contributed by atoms with Crippen molar-refractivity contribution in [2.24, 2.45) is 5.11 Å². The first-order valence-electron chi connectivity index (χ1n) is 10.4. The van der Waals surface area contributed by atoms with Crippen LogP contribution in [0.15, 0.2) is 65.8 Å². The van der Waals surface area contributed by atoms with Gasteiger partial charge >= 0.3 is 14.2 Å². The van der Waals surface area contributed by atoms with E-state index in [4.69, 9.17) is 29.0 Å². The third-order valence-electron chi connectivity index (χ3n) is 5.02. The van der Waals surface area contributed by atoms with Crippen molar-refractivity contribution in [2.75, 3.05) is 6.61 Å².